The molecule has 1 aliphatic carbocycles. The Bertz CT molecular complexity index is 208. The number of azide groups is 1. The minimum absolute atomic E-state index is 0.292. The van der Waals surface area contributed by atoms with Gasteiger partial charge in [-0.3, -0.25) is 0 Å². The van der Waals surface area contributed by atoms with E-state index in [1.54, 1.807) is 0 Å². The van der Waals surface area contributed by atoms with Gasteiger partial charge in [-0.15, -0.1) is 0 Å². The first-order chi connectivity index (χ1) is 4.34. The number of rotatable bonds is 1. The molecule has 9 heavy (non-hydrogen) atoms. The maximum absolute atomic E-state index is 8.03. The first kappa shape index (κ1) is 5.92. The van der Waals surface area contributed by atoms with Gasteiger partial charge in [-0.1, -0.05) is 30.3 Å². The van der Waals surface area contributed by atoms with Crippen molar-refractivity contribution in [3.8, 4) is 0 Å². The molecule has 1 atom stereocenters. The number of hydrogen-bond donors (Lipinski definition) is 0. The highest BCUT2D eigenvalue weighted by Gasteiger charge is 2.05. The van der Waals surface area contributed by atoms with Crippen LogP contribution in [0.5, 0.6) is 0 Å². The minimum Gasteiger partial charge on any atom is -0.0774 e. The largest absolute Gasteiger partial charge is 0.0774 e. The summed E-state index contributed by atoms with van der Waals surface area (Å²) in [5.74, 6) is 0.292. The van der Waals surface area contributed by atoms with Crippen molar-refractivity contribution in [2.75, 3.05) is 0 Å². The lowest BCUT2D eigenvalue weighted by atomic mass is 10.2. The van der Waals surface area contributed by atoms with Gasteiger partial charge in [0, 0.05) is 16.5 Å². The second-order valence-corrected chi connectivity index (χ2v) is 1.95. The Morgan fingerprint density at radius 3 is 3.00 bits per heavy atom. The van der Waals surface area contributed by atoms with Crippen LogP contribution < -0.4 is 0 Å². The highest BCUT2D eigenvalue weighted by atomic mass is 15.1. The van der Waals surface area contributed by atoms with Crippen molar-refractivity contribution in [3.05, 3.63) is 34.4 Å². The maximum Gasteiger partial charge on any atom is 0.0216 e. The zero-order chi connectivity index (χ0) is 6.69. The van der Waals surface area contributed by atoms with E-state index in [1.165, 1.54) is 0 Å². The first-order valence-electron chi connectivity index (χ1n) is 2.78. The summed E-state index contributed by atoms with van der Waals surface area (Å²) in [7, 11) is 0. The second-order valence-electron chi connectivity index (χ2n) is 1.95. The van der Waals surface area contributed by atoms with Crippen LogP contribution in [0.1, 0.15) is 6.92 Å². The summed E-state index contributed by atoms with van der Waals surface area (Å²) in [6.07, 6.45) is 5.71. The van der Waals surface area contributed by atoms with Gasteiger partial charge in [-0.05, 0) is 5.53 Å². The van der Waals surface area contributed by atoms with Gasteiger partial charge < -0.3 is 0 Å². The van der Waals surface area contributed by atoms with Crippen molar-refractivity contribution in [2.24, 2.45) is 11.0 Å². The molecule has 3 heteroatoms. The number of nitrogens with zero attached hydrogens (tertiary/aromatic N) is 3. The molecule has 1 aliphatic rings. The lowest BCUT2D eigenvalue weighted by Gasteiger charge is -1.96. The minimum atomic E-state index is 0.292. The summed E-state index contributed by atoms with van der Waals surface area (Å²) in [6, 6.07) is 0. The Morgan fingerprint density at radius 1 is 1.78 bits per heavy atom. The van der Waals surface area contributed by atoms with E-state index in [9.17, 15) is 0 Å². The smallest absolute Gasteiger partial charge is 0.0216 e. The van der Waals surface area contributed by atoms with E-state index in [-0.39, 0.29) is 0 Å². The predicted molar refractivity (Wildman–Crippen MR) is 35.5 cm³/mol. The predicted octanol–water partition coefficient (Wildman–Crippen LogP) is 2.39. The average molecular weight is 121 g/mol. The Labute approximate surface area is 53.3 Å². The van der Waals surface area contributed by atoms with Gasteiger partial charge in [0.05, 0.1) is 0 Å². The third kappa shape index (κ3) is 1.12. The topological polar surface area (TPSA) is 48.8 Å². The molecule has 1 unspecified atom stereocenters. The summed E-state index contributed by atoms with van der Waals surface area (Å²) < 4.78 is 0. The van der Waals surface area contributed by atoms with Crippen LogP contribution in [-0.2, 0) is 0 Å². The van der Waals surface area contributed by atoms with Gasteiger partial charge >= 0.3 is 0 Å². The molecule has 0 aromatic rings. The highest BCUT2D eigenvalue weighted by molar-refractivity contribution is 5.25. The summed E-state index contributed by atoms with van der Waals surface area (Å²) in [5.41, 5.74) is 8.84. The van der Waals surface area contributed by atoms with Crippen molar-refractivity contribution < 1.29 is 0 Å². The van der Waals surface area contributed by atoms with Gasteiger partial charge in [-0.25, -0.2) is 0 Å². The molecule has 3 nitrogen and oxygen atoms in total. The fourth-order valence-electron chi connectivity index (χ4n) is 0.747. The third-order valence-corrected chi connectivity index (χ3v) is 1.29. The van der Waals surface area contributed by atoms with Crippen LogP contribution in [0.25, 0.3) is 10.4 Å². The van der Waals surface area contributed by atoms with E-state index in [0.29, 0.717) is 5.92 Å². The molecule has 0 aromatic heterocycles. The van der Waals surface area contributed by atoms with Crippen molar-refractivity contribution in [2.45, 2.75) is 6.92 Å². The second kappa shape index (κ2) is 2.37. The summed E-state index contributed by atoms with van der Waals surface area (Å²) in [5, 5.41) is 3.48. The summed E-state index contributed by atoms with van der Waals surface area (Å²) in [4.78, 5) is 2.68. The third-order valence-electron chi connectivity index (χ3n) is 1.29. The standard InChI is InChI=1S/C6H7N3/c1-5-3-2-4-6(5)8-9-7/h2-5H,1H3. The van der Waals surface area contributed by atoms with Gasteiger partial charge in [0.15, 0.2) is 0 Å². The van der Waals surface area contributed by atoms with E-state index < -0.39 is 0 Å². The quantitative estimate of drug-likeness (QED) is 0.290. The van der Waals surface area contributed by atoms with E-state index in [2.05, 4.69) is 10.0 Å². The van der Waals surface area contributed by atoms with E-state index in [1.807, 2.05) is 25.2 Å². The SMILES string of the molecule is CC1C=CC=C1N=[N+]=[N-]. The molecule has 0 aromatic carbocycles. The molecule has 0 bridgehead atoms. The van der Waals surface area contributed by atoms with Gasteiger partial charge in [0.25, 0.3) is 0 Å². The molecule has 0 N–H and O–H groups in total. The molecule has 0 aliphatic heterocycles. The van der Waals surface area contributed by atoms with Crippen molar-refractivity contribution in [1.29, 1.82) is 0 Å². The maximum atomic E-state index is 8.03. The summed E-state index contributed by atoms with van der Waals surface area (Å²) in [6.45, 7) is 1.99. The van der Waals surface area contributed by atoms with Crippen LogP contribution in [0.2, 0.25) is 0 Å². The molecule has 0 fully saturated rings. The molecular weight excluding hydrogens is 114 g/mol. The van der Waals surface area contributed by atoms with Crippen LogP contribution >= 0.6 is 0 Å². The van der Waals surface area contributed by atoms with E-state index in [4.69, 9.17) is 5.53 Å². The molecule has 0 saturated carbocycles. The lowest BCUT2D eigenvalue weighted by Crippen LogP contribution is -1.85. The Balaban J connectivity index is 2.75. The van der Waals surface area contributed by atoms with Gasteiger partial charge in [0.1, 0.15) is 0 Å². The normalized spacial score (nSPS) is 23.2. The van der Waals surface area contributed by atoms with Gasteiger partial charge in [0.2, 0.25) is 0 Å². The van der Waals surface area contributed by atoms with Gasteiger partial charge in [-0.2, -0.15) is 0 Å². The van der Waals surface area contributed by atoms with E-state index >= 15 is 0 Å². The molecule has 0 amide bonds. The lowest BCUT2D eigenvalue weighted by molar-refractivity contribution is 0.862. The van der Waals surface area contributed by atoms with Crippen molar-refractivity contribution >= 4 is 0 Å². The molecule has 1 rings (SSSR count). The van der Waals surface area contributed by atoms with Crippen LogP contribution in [0, 0.1) is 5.92 Å². The van der Waals surface area contributed by atoms with Crippen LogP contribution in [0.4, 0.5) is 0 Å². The molecule has 0 radical (unpaired) electrons. The van der Waals surface area contributed by atoms with Crippen LogP contribution in [0.3, 0.4) is 0 Å². The Morgan fingerprint density at radius 2 is 2.56 bits per heavy atom. The Kier molecular flexibility index (Phi) is 1.56. The zero-order valence-electron chi connectivity index (χ0n) is 5.15. The monoisotopic (exact) mass is 121 g/mol. The van der Waals surface area contributed by atoms with Crippen molar-refractivity contribution in [3.63, 3.8) is 0 Å². The molecular formula is C6H7N3. The highest BCUT2D eigenvalue weighted by Crippen LogP contribution is 2.18. The molecule has 46 valence electrons. The number of hydrogen-bond acceptors (Lipinski definition) is 1. The van der Waals surface area contributed by atoms with Crippen LogP contribution in [-0.4, -0.2) is 0 Å². The first-order valence-corrected chi connectivity index (χ1v) is 2.78. The molecule has 0 heterocycles. The number of allylic oxidation sites excluding steroid dienone is 3. The zero-order valence-corrected chi connectivity index (χ0v) is 5.15. The van der Waals surface area contributed by atoms with Crippen molar-refractivity contribution in [1.82, 2.24) is 0 Å². The van der Waals surface area contributed by atoms with Crippen LogP contribution in [0.15, 0.2) is 29.0 Å². The van der Waals surface area contributed by atoms with E-state index in [0.717, 1.165) is 5.70 Å². The fourth-order valence-corrected chi connectivity index (χ4v) is 0.747. The molecule has 0 saturated heterocycles. The Hall–Kier alpha value is -1.21. The molecule has 0 spiro atoms. The average Bonchev–Trinajstić information content (AvgIpc) is 2.18. The fraction of sp³-hybridized carbons (Fsp3) is 0.333. The summed E-state index contributed by atoms with van der Waals surface area (Å²) >= 11 is 0.